The number of nitrogens with zero attached hydrogens (tertiary/aromatic N) is 1. The van der Waals surface area contributed by atoms with Crippen LogP contribution in [0.2, 0.25) is 0 Å². The summed E-state index contributed by atoms with van der Waals surface area (Å²) in [6.45, 7) is 3.90. The summed E-state index contributed by atoms with van der Waals surface area (Å²) in [4.78, 5) is 24.4. The Morgan fingerprint density at radius 2 is 2.21 bits per heavy atom. The molecular formula is C10H15NO3. The molecule has 0 aromatic heterocycles. The van der Waals surface area contributed by atoms with E-state index in [-0.39, 0.29) is 17.2 Å². The van der Waals surface area contributed by atoms with Gasteiger partial charge in [-0.3, -0.25) is 9.59 Å². The monoisotopic (exact) mass is 197 g/mol. The van der Waals surface area contributed by atoms with Crippen molar-refractivity contribution < 1.29 is 14.3 Å². The van der Waals surface area contributed by atoms with Gasteiger partial charge in [0.2, 0.25) is 5.78 Å². The molecule has 0 aliphatic carbocycles. The normalized spacial score (nSPS) is 33.9. The molecule has 0 saturated carbocycles. The van der Waals surface area contributed by atoms with E-state index in [9.17, 15) is 9.59 Å². The number of ether oxygens (including phenoxy) is 1. The molecule has 2 heterocycles. The highest BCUT2D eigenvalue weighted by atomic mass is 16.5. The highest BCUT2D eigenvalue weighted by Crippen LogP contribution is 2.28. The van der Waals surface area contributed by atoms with Gasteiger partial charge in [0.25, 0.3) is 5.91 Å². The van der Waals surface area contributed by atoms with Gasteiger partial charge in [0, 0.05) is 19.6 Å². The van der Waals surface area contributed by atoms with Crippen molar-refractivity contribution in [2.24, 2.45) is 0 Å². The van der Waals surface area contributed by atoms with Crippen molar-refractivity contribution in [1.29, 1.82) is 0 Å². The molecule has 2 saturated heterocycles. The Hall–Kier alpha value is -0.900. The topological polar surface area (TPSA) is 46.6 Å². The summed E-state index contributed by atoms with van der Waals surface area (Å²) in [7, 11) is 0. The summed E-state index contributed by atoms with van der Waals surface area (Å²) < 4.78 is 5.38. The van der Waals surface area contributed by atoms with Crippen LogP contribution in [0, 0.1) is 0 Å². The minimum absolute atomic E-state index is 0.249. The number of carbonyl (C=O) groups is 2. The van der Waals surface area contributed by atoms with Gasteiger partial charge in [-0.1, -0.05) is 0 Å². The zero-order valence-electron chi connectivity index (χ0n) is 8.41. The van der Waals surface area contributed by atoms with Crippen LogP contribution in [0.4, 0.5) is 0 Å². The van der Waals surface area contributed by atoms with E-state index in [0.717, 1.165) is 19.4 Å². The highest BCUT2D eigenvalue weighted by Gasteiger charge is 2.42. The second-order valence-electron chi connectivity index (χ2n) is 4.28. The van der Waals surface area contributed by atoms with Crippen LogP contribution in [0.1, 0.15) is 26.2 Å². The first-order chi connectivity index (χ1) is 6.63. The summed E-state index contributed by atoms with van der Waals surface area (Å²) >= 11 is 0. The van der Waals surface area contributed by atoms with Gasteiger partial charge in [-0.2, -0.15) is 0 Å². The first-order valence-corrected chi connectivity index (χ1v) is 5.06. The summed E-state index contributed by atoms with van der Waals surface area (Å²) in [6, 6.07) is 0. The first kappa shape index (κ1) is 9.65. The maximum absolute atomic E-state index is 11.5. The lowest BCUT2D eigenvalue weighted by Gasteiger charge is -2.40. The molecule has 0 spiro atoms. The number of likely N-dealkylation sites (tertiary alicyclic amines) is 1. The molecule has 0 bridgehead atoms. The van der Waals surface area contributed by atoms with E-state index in [4.69, 9.17) is 4.74 Å². The minimum Gasteiger partial charge on any atom is -0.379 e. The lowest BCUT2D eigenvalue weighted by molar-refractivity contribution is -0.146. The quantitative estimate of drug-likeness (QED) is 0.570. The number of carbonyl (C=O) groups excluding carboxylic acids is 2. The largest absolute Gasteiger partial charge is 0.379 e. The van der Waals surface area contributed by atoms with Crippen LogP contribution in [-0.4, -0.2) is 41.9 Å². The SMILES string of the molecule is CC1(N2CCC(=O)C2=O)CCCOC1. The molecule has 4 nitrogen and oxygen atoms in total. The Morgan fingerprint density at radius 1 is 1.43 bits per heavy atom. The average molecular weight is 197 g/mol. The van der Waals surface area contributed by atoms with E-state index >= 15 is 0 Å². The van der Waals surface area contributed by atoms with Crippen molar-refractivity contribution >= 4 is 11.7 Å². The standard InChI is InChI=1S/C10H15NO3/c1-10(4-2-6-14-7-10)11-5-3-8(12)9(11)13/h2-7H2,1H3. The zero-order valence-corrected chi connectivity index (χ0v) is 8.41. The maximum Gasteiger partial charge on any atom is 0.290 e. The Balaban J connectivity index is 2.13. The summed E-state index contributed by atoms with van der Waals surface area (Å²) in [5.74, 6) is -0.574. The molecule has 2 rings (SSSR count). The lowest BCUT2D eigenvalue weighted by Crippen LogP contribution is -2.53. The summed E-state index contributed by atoms with van der Waals surface area (Å²) in [6.07, 6.45) is 2.27. The number of ketones is 1. The number of amides is 1. The molecule has 0 aromatic rings. The fraction of sp³-hybridized carbons (Fsp3) is 0.800. The van der Waals surface area contributed by atoms with Gasteiger partial charge in [-0.15, -0.1) is 0 Å². The molecule has 2 aliphatic heterocycles. The van der Waals surface area contributed by atoms with Crippen molar-refractivity contribution in [3.8, 4) is 0 Å². The lowest BCUT2D eigenvalue weighted by atomic mass is 9.93. The molecule has 2 aliphatic rings. The Kier molecular flexibility index (Phi) is 2.31. The summed E-state index contributed by atoms with van der Waals surface area (Å²) in [5, 5.41) is 0. The Labute approximate surface area is 83.2 Å². The molecule has 1 unspecified atom stereocenters. The smallest absolute Gasteiger partial charge is 0.290 e. The van der Waals surface area contributed by atoms with Crippen LogP contribution < -0.4 is 0 Å². The molecule has 1 amide bonds. The molecule has 4 heteroatoms. The van der Waals surface area contributed by atoms with E-state index in [0.29, 0.717) is 19.6 Å². The summed E-state index contributed by atoms with van der Waals surface area (Å²) in [5.41, 5.74) is -0.249. The van der Waals surface area contributed by atoms with E-state index in [1.165, 1.54) is 0 Å². The third-order valence-corrected chi connectivity index (χ3v) is 3.11. The Morgan fingerprint density at radius 3 is 2.71 bits per heavy atom. The van der Waals surface area contributed by atoms with Crippen LogP contribution in [0.3, 0.4) is 0 Å². The van der Waals surface area contributed by atoms with Crippen molar-refractivity contribution in [2.75, 3.05) is 19.8 Å². The third-order valence-electron chi connectivity index (χ3n) is 3.11. The number of Topliss-reactive ketones (excluding diaryl/α,β-unsaturated/α-hetero) is 1. The van der Waals surface area contributed by atoms with Gasteiger partial charge in [0.05, 0.1) is 12.1 Å². The van der Waals surface area contributed by atoms with Gasteiger partial charge in [-0.25, -0.2) is 0 Å². The van der Waals surface area contributed by atoms with Crippen molar-refractivity contribution in [2.45, 2.75) is 31.7 Å². The molecule has 78 valence electrons. The highest BCUT2D eigenvalue weighted by molar-refractivity contribution is 6.38. The second-order valence-corrected chi connectivity index (χ2v) is 4.28. The van der Waals surface area contributed by atoms with Crippen molar-refractivity contribution in [1.82, 2.24) is 4.90 Å². The molecule has 14 heavy (non-hydrogen) atoms. The predicted octanol–water partition coefficient (Wildman–Crippen LogP) is 0.357. The van der Waals surface area contributed by atoms with Crippen LogP contribution in [0.25, 0.3) is 0 Å². The van der Waals surface area contributed by atoms with E-state index in [1.807, 2.05) is 6.92 Å². The van der Waals surface area contributed by atoms with Gasteiger partial charge >= 0.3 is 0 Å². The molecule has 1 atom stereocenters. The van der Waals surface area contributed by atoms with E-state index < -0.39 is 0 Å². The fourth-order valence-corrected chi connectivity index (χ4v) is 2.22. The molecule has 2 fully saturated rings. The minimum atomic E-state index is -0.321. The number of hydrogen-bond donors (Lipinski definition) is 0. The van der Waals surface area contributed by atoms with Crippen LogP contribution in [-0.2, 0) is 14.3 Å². The second kappa shape index (κ2) is 3.35. The Bertz CT molecular complexity index is 269. The maximum atomic E-state index is 11.5. The molecule has 0 N–H and O–H groups in total. The molecule has 0 radical (unpaired) electrons. The van der Waals surface area contributed by atoms with Gasteiger partial charge in [-0.05, 0) is 19.8 Å². The predicted molar refractivity (Wildman–Crippen MR) is 49.8 cm³/mol. The molecular weight excluding hydrogens is 182 g/mol. The van der Waals surface area contributed by atoms with Crippen molar-refractivity contribution in [3.05, 3.63) is 0 Å². The van der Waals surface area contributed by atoms with Crippen LogP contribution in [0.15, 0.2) is 0 Å². The van der Waals surface area contributed by atoms with E-state index in [1.54, 1.807) is 4.90 Å². The van der Waals surface area contributed by atoms with Gasteiger partial charge in [0.1, 0.15) is 0 Å². The average Bonchev–Trinajstić information content (AvgIpc) is 2.49. The number of hydrogen-bond acceptors (Lipinski definition) is 3. The molecule has 0 aromatic carbocycles. The zero-order chi connectivity index (χ0) is 10.2. The first-order valence-electron chi connectivity index (χ1n) is 5.06. The van der Waals surface area contributed by atoms with Gasteiger partial charge < -0.3 is 9.64 Å². The number of rotatable bonds is 1. The van der Waals surface area contributed by atoms with Crippen LogP contribution in [0.5, 0.6) is 0 Å². The third kappa shape index (κ3) is 1.43. The fourth-order valence-electron chi connectivity index (χ4n) is 2.22. The van der Waals surface area contributed by atoms with E-state index in [2.05, 4.69) is 0 Å². The van der Waals surface area contributed by atoms with Crippen LogP contribution >= 0.6 is 0 Å². The van der Waals surface area contributed by atoms with Crippen molar-refractivity contribution in [3.63, 3.8) is 0 Å². The van der Waals surface area contributed by atoms with Gasteiger partial charge in [0.15, 0.2) is 0 Å².